The molecule has 3 aromatic rings. The molecule has 0 N–H and O–H groups in total. The van der Waals surface area contributed by atoms with Gasteiger partial charge in [-0.15, -0.1) is 0 Å². The normalized spacial score (nSPS) is 15.0. The molecule has 0 fully saturated rings. The summed E-state index contributed by atoms with van der Waals surface area (Å²) in [6, 6.07) is 20.0. The molecule has 0 aliphatic carbocycles. The van der Waals surface area contributed by atoms with Crippen LogP contribution in [-0.4, -0.2) is 0 Å². The van der Waals surface area contributed by atoms with Crippen molar-refractivity contribution in [2.75, 3.05) is 0 Å². The van der Waals surface area contributed by atoms with E-state index in [4.69, 9.17) is 9.15 Å². The second-order valence-electron chi connectivity index (χ2n) is 5.28. The smallest absolute Gasteiger partial charge is 0.360 e. The van der Waals surface area contributed by atoms with Gasteiger partial charge in [-0.1, -0.05) is 30.3 Å². The third-order valence-electron chi connectivity index (χ3n) is 3.67. The van der Waals surface area contributed by atoms with Crippen LogP contribution in [0.25, 0.3) is 23.1 Å². The molecule has 2 heterocycles. The maximum Gasteiger partial charge on any atom is 0.360 e. The Bertz CT molecular complexity index is 949. The highest BCUT2D eigenvalue weighted by Crippen LogP contribution is 2.26. The van der Waals surface area contributed by atoms with Gasteiger partial charge in [0.1, 0.15) is 11.5 Å². The summed E-state index contributed by atoms with van der Waals surface area (Å²) in [6.07, 6.45) is 9.80. The molecule has 0 spiro atoms. The highest BCUT2D eigenvalue weighted by molar-refractivity contribution is 5.77. The van der Waals surface area contributed by atoms with E-state index in [2.05, 4.69) is 12.1 Å². The first-order chi connectivity index (χ1) is 11.4. The first-order valence-electron chi connectivity index (χ1n) is 7.54. The van der Waals surface area contributed by atoms with E-state index in [1.165, 1.54) is 0 Å². The average molecular weight is 299 g/mol. The van der Waals surface area contributed by atoms with Gasteiger partial charge in [0.05, 0.1) is 5.39 Å². The van der Waals surface area contributed by atoms with Gasteiger partial charge in [-0.05, 0) is 42.5 Å². The molecule has 1 aliphatic heterocycles. The van der Waals surface area contributed by atoms with Crippen molar-refractivity contribution in [2.45, 2.75) is 0 Å². The first-order valence-corrected chi connectivity index (χ1v) is 7.54. The zero-order valence-electron chi connectivity index (χ0n) is 12.5. The predicted molar refractivity (Wildman–Crippen MR) is 93.8 cm³/mol. The SMILES string of the molecule is C(=Cc1ccc2ccccc2[o+]1)C=C1C=Cc2ccccc2O1. The minimum Gasteiger partial charge on any atom is -0.457 e. The Balaban J connectivity index is 1.55. The fourth-order valence-electron chi connectivity index (χ4n) is 2.51. The molecular formula is C21H15O2+. The van der Waals surface area contributed by atoms with Gasteiger partial charge in [-0.2, -0.15) is 0 Å². The van der Waals surface area contributed by atoms with E-state index in [0.717, 1.165) is 33.8 Å². The van der Waals surface area contributed by atoms with Gasteiger partial charge < -0.3 is 4.74 Å². The fourth-order valence-corrected chi connectivity index (χ4v) is 2.51. The van der Waals surface area contributed by atoms with Crippen LogP contribution in [0.2, 0.25) is 0 Å². The molecule has 23 heavy (non-hydrogen) atoms. The molecule has 0 bridgehead atoms. The topological polar surface area (TPSA) is 20.5 Å². The molecule has 2 nitrogen and oxygen atoms in total. The highest BCUT2D eigenvalue weighted by atomic mass is 16.5. The highest BCUT2D eigenvalue weighted by Gasteiger charge is 2.09. The van der Waals surface area contributed by atoms with Crippen molar-refractivity contribution in [3.63, 3.8) is 0 Å². The Morgan fingerprint density at radius 3 is 2.70 bits per heavy atom. The first kappa shape index (κ1) is 13.5. The van der Waals surface area contributed by atoms with Crippen LogP contribution in [0, 0.1) is 0 Å². The molecule has 2 heteroatoms. The largest absolute Gasteiger partial charge is 0.457 e. The molecular weight excluding hydrogens is 284 g/mol. The predicted octanol–water partition coefficient (Wildman–Crippen LogP) is 5.72. The molecule has 0 radical (unpaired) electrons. The summed E-state index contributed by atoms with van der Waals surface area (Å²) in [4.78, 5) is 0. The lowest BCUT2D eigenvalue weighted by atomic mass is 10.1. The molecule has 2 aromatic carbocycles. The summed E-state index contributed by atoms with van der Waals surface area (Å²) in [7, 11) is 0. The van der Waals surface area contributed by atoms with Crippen LogP contribution in [0.3, 0.4) is 0 Å². The van der Waals surface area contributed by atoms with Crippen LogP contribution in [0.15, 0.2) is 89.1 Å². The third kappa shape index (κ3) is 2.92. The standard InChI is InChI=1S/C21H15O2/c1-3-10-20-16(6-1)12-14-18(22-20)8-5-9-19-15-13-17-7-2-4-11-21(17)23-19/h1-15H/q+1. The van der Waals surface area contributed by atoms with E-state index in [-0.39, 0.29) is 0 Å². The maximum atomic E-state index is 5.83. The molecule has 1 aromatic heterocycles. The Morgan fingerprint density at radius 2 is 1.70 bits per heavy atom. The van der Waals surface area contributed by atoms with Crippen LogP contribution >= 0.6 is 0 Å². The number of para-hydroxylation sites is 2. The number of benzene rings is 2. The minimum atomic E-state index is 0.806. The number of allylic oxidation sites excluding steroid dienone is 3. The van der Waals surface area contributed by atoms with E-state index >= 15 is 0 Å². The summed E-state index contributed by atoms with van der Waals surface area (Å²) in [5.74, 6) is 2.49. The van der Waals surface area contributed by atoms with Crippen LogP contribution in [0.1, 0.15) is 11.3 Å². The molecule has 4 rings (SSSR count). The number of hydrogen-bond donors (Lipinski definition) is 0. The Morgan fingerprint density at radius 1 is 0.826 bits per heavy atom. The molecule has 110 valence electrons. The molecule has 0 saturated heterocycles. The lowest BCUT2D eigenvalue weighted by Gasteiger charge is -2.13. The Labute approximate surface area is 134 Å². The minimum absolute atomic E-state index is 0.806. The zero-order chi connectivity index (χ0) is 15.5. The molecule has 0 saturated carbocycles. The Hall–Kier alpha value is -3.13. The number of ether oxygens (including phenoxy) is 1. The second kappa shape index (κ2) is 5.93. The monoisotopic (exact) mass is 299 g/mol. The van der Waals surface area contributed by atoms with Gasteiger partial charge in [0, 0.05) is 23.8 Å². The van der Waals surface area contributed by atoms with Gasteiger partial charge >= 0.3 is 11.3 Å². The summed E-state index contributed by atoms with van der Waals surface area (Å²) in [5.41, 5.74) is 1.98. The maximum absolute atomic E-state index is 5.83. The third-order valence-corrected chi connectivity index (χ3v) is 3.67. The van der Waals surface area contributed by atoms with E-state index in [1.54, 1.807) is 0 Å². The van der Waals surface area contributed by atoms with Gasteiger partial charge in [0.2, 0.25) is 0 Å². The van der Waals surface area contributed by atoms with Crippen molar-refractivity contribution < 1.29 is 9.15 Å². The quantitative estimate of drug-likeness (QED) is 0.564. The summed E-state index contributed by atoms with van der Waals surface area (Å²) in [5, 5.41) is 1.10. The number of rotatable bonds is 2. The second-order valence-corrected chi connectivity index (χ2v) is 5.28. The van der Waals surface area contributed by atoms with Crippen molar-refractivity contribution in [3.05, 3.63) is 96.0 Å². The van der Waals surface area contributed by atoms with Crippen molar-refractivity contribution in [2.24, 2.45) is 0 Å². The molecule has 0 unspecified atom stereocenters. The van der Waals surface area contributed by atoms with Crippen LogP contribution in [0.4, 0.5) is 0 Å². The summed E-state index contributed by atoms with van der Waals surface area (Å²) < 4.78 is 11.7. The summed E-state index contributed by atoms with van der Waals surface area (Å²) in [6.45, 7) is 0. The lowest BCUT2D eigenvalue weighted by molar-refractivity contribution is 0.440. The van der Waals surface area contributed by atoms with Crippen molar-refractivity contribution in [3.8, 4) is 5.75 Å². The zero-order valence-corrected chi connectivity index (χ0v) is 12.5. The van der Waals surface area contributed by atoms with E-state index in [1.807, 2.05) is 78.9 Å². The molecule has 0 atom stereocenters. The molecule has 0 amide bonds. The van der Waals surface area contributed by atoms with Crippen molar-refractivity contribution in [1.82, 2.24) is 0 Å². The molecule has 1 aliphatic rings. The van der Waals surface area contributed by atoms with Gasteiger partial charge in [-0.3, -0.25) is 0 Å². The van der Waals surface area contributed by atoms with Crippen LogP contribution in [-0.2, 0) is 0 Å². The van der Waals surface area contributed by atoms with Gasteiger partial charge in [-0.25, -0.2) is 4.42 Å². The van der Waals surface area contributed by atoms with E-state index < -0.39 is 0 Å². The van der Waals surface area contributed by atoms with Gasteiger partial charge in [0.25, 0.3) is 0 Å². The number of hydrogen-bond acceptors (Lipinski definition) is 1. The van der Waals surface area contributed by atoms with Crippen molar-refractivity contribution in [1.29, 1.82) is 0 Å². The average Bonchev–Trinajstić information content (AvgIpc) is 2.61. The van der Waals surface area contributed by atoms with Gasteiger partial charge in [0.15, 0.2) is 0 Å². The Kier molecular flexibility index (Phi) is 3.49. The van der Waals surface area contributed by atoms with Crippen molar-refractivity contribution >= 4 is 23.1 Å². The van der Waals surface area contributed by atoms with E-state index in [0.29, 0.717) is 0 Å². The number of fused-ring (bicyclic) bond motifs is 2. The van der Waals surface area contributed by atoms with E-state index in [9.17, 15) is 0 Å². The fraction of sp³-hybridized carbons (Fsp3) is 0. The summed E-state index contributed by atoms with van der Waals surface area (Å²) >= 11 is 0. The lowest BCUT2D eigenvalue weighted by Crippen LogP contribution is -1.97. The van der Waals surface area contributed by atoms with Crippen LogP contribution < -0.4 is 4.74 Å². The van der Waals surface area contributed by atoms with Crippen LogP contribution in [0.5, 0.6) is 5.75 Å².